The molecule has 2 fully saturated rings. The van der Waals surface area contributed by atoms with Crippen LogP contribution in [0.3, 0.4) is 0 Å². The minimum absolute atomic E-state index is 0.0500. The van der Waals surface area contributed by atoms with E-state index < -0.39 is 4.92 Å². The van der Waals surface area contributed by atoms with E-state index in [1.807, 2.05) is 24.3 Å². The lowest BCUT2D eigenvalue weighted by Gasteiger charge is -2.37. The Labute approximate surface area is 174 Å². The zero-order chi connectivity index (χ0) is 20.4. The van der Waals surface area contributed by atoms with Crippen LogP contribution in [0.5, 0.6) is 0 Å². The van der Waals surface area contributed by atoms with Crippen LogP contribution in [0.25, 0.3) is 0 Å². The number of para-hydroxylation sites is 1. The Morgan fingerprint density at radius 3 is 2.21 bits per heavy atom. The van der Waals surface area contributed by atoms with Gasteiger partial charge in [0.1, 0.15) is 0 Å². The molecule has 0 atom stereocenters. The number of hydrogen-bond acceptors (Lipinski definition) is 5. The summed E-state index contributed by atoms with van der Waals surface area (Å²) >= 11 is 6.30. The summed E-state index contributed by atoms with van der Waals surface area (Å²) in [5, 5.41) is 12.0. The highest BCUT2D eigenvalue weighted by atomic mass is 35.5. The molecule has 29 heavy (non-hydrogen) atoms. The monoisotopic (exact) mass is 414 g/mol. The van der Waals surface area contributed by atoms with Crippen molar-refractivity contribution in [3.05, 3.63) is 63.2 Å². The zero-order valence-electron chi connectivity index (χ0n) is 16.1. The summed E-state index contributed by atoms with van der Waals surface area (Å²) in [5.41, 5.74) is 2.14. The molecule has 0 aliphatic carbocycles. The topological polar surface area (TPSA) is 69.9 Å². The highest BCUT2D eigenvalue weighted by molar-refractivity contribution is 6.33. The minimum atomic E-state index is -0.445. The summed E-state index contributed by atoms with van der Waals surface area (Å²) in [6.07, 6.45) is 2.14. The number of carbonyl (C=O) groups is 1. The third kappa shape index (κ3) is 4.00. The lowest BCUT2D eigenvalue weighted by Crippen LogP contribution is -2.49. The Bertz CT molecular complexity index is 922. The maximum atomic E-state index is 13.3. The van der Waals surface area contributed by atoms with Crippen molar-refractivity contribution in [3.8, 4) is 0 Å². The summed E-state index contributed by atoms with van der Waals surface area (Å²) in [7, 11) is 0. The molecule has 152 valence electrons. The van der Waals surface area contributed by atoms with Crippen molar-refractivity contribution < 1.29 is 9.72 Å². The van der Waals surface area contributed by atoms with Crippen LogP contribution in [-0.2, 0) is 0 Å². The highest BCUT2D eigenvalue weighted by Gasteiger charge is 2.28. The molecule has 0 radical (unpaired) electrons. The molecular weight excluding hydrogens is 392 g/mol. The van der Waals surface area contributed by atoms with Crippen LogP contribution in [-0.4, -0.2) is 55.0 Å². The van der Waals surface area contributed by atoms with Gasteiger partial charge in [-0.05, 0) is 31.0 Å². The van der Waals surface area contributed by atoms with Crippen LogP contribution < -0.4 is 9.80 Å². The first-order valence-electron chi connectivity index (χ1n) is 9.87. The van der Waals surface area contributed by atoms with Gasteiger partial charge in [-0.15, -0.1) is 0 Å². The number of carbonyl (C=O) groups excluding carboxylic acids is 1. The molecular formula is C21H23ClN4O3. The summed E-state index contributed by atoms with van der Waals surface area (Å²) in [6, 6.07) is 12.3. The third-order valence-corrected chi connectivity index (χ3v) is 5.95. The number of nitrogens with zero attached hydrogens (tertiary/aromatic N) is 4. The van der Waals surface area contributed by atoms with E-state index in [-0.39, 0.29) is 11.6 Å². The Morgan fingerprint density at radius 2 is 1.55 bits per heavy atom. The summed E-state index contributed by atoms with van der Waals surface area (Å²) in [4.78, 5) is 30.2. The maximum absolute atomic E-state index is 13.3. The molecule has 8 heteroatoms. The molecule has 0 bridgehead atoms. The number of halogens is 1. The van der Waals surface area contributed by atoms with Gasteiger partial charge in [-0.3, -0.25) is 14.9 Å². The summed E-state index contributed by atoms with van der Waals surface area (Å²) in [6.45, 7) is 4.18. The molecule has 2 aromatic rings. The number of amides is 1. The first kappa shape index (κ1) is 19.5. The first-order chi connectivity index (χ1) is 14.0. The zero-order valence-corrected chi connectivity index (χ0v) is 16.8. The average molecular weight is 415 g/mol. The number of benzene rings is 2. The quantitative estimate of drug-likeness (QED) is 0.562. The average Bonchev–Trinajstić information content (AvgIpc) is 3.28. The lowest BCUT2D eigenvalue weighted by molar-refractivity contribution is -0.384. The molecule has 2 saturated heterocycles. The second-order valence-electron chi connectivity index (χ2n) is 7.38. The van der Waals surface area contributed by atoms with E-state index in [2.05, 4.69) is 9.80 Å². The molecule has 2 heterocycles. The van der Waals surface area contributed by atoms with Crippen LogP contribution in [0, 0.1) is 10.1 Å². The normalized spacial score (nSPS) is 16.9. The SMILES string of the molecule is O=C(c1cc([N+](=O)[O-])ccc1N1CCCC1)N1CCN(c2ccccc2Cl)CC1. The molecule has 0 N–H and O–H groups in total. The van der Waals surface area contributed by atoms with Crippen molar-refractivity contribution in [3.63, 3.8) is 0 Å². The van der Waals surface area contributed by atoms with Crippen LogP contribution >= 0.6 is 11.6 Å². The largest absolute Gasteiger partial charge is 0.371 e. The number of anilines is 2. The Hall–Kier alpha value is -2.80. The van der Waals surface area contributed by atoms with Crippen molar-refractivity contribution in [2.75, 3.05) is 49.1 Å². The van der Waals surface area contributed by atoms with Gasteiger partial charge in [-0.2, -0.15) is 0 Å². The Morgan fingerprint density at radius 1 is 0.897 bits per heavy atom. The number of nitro groups is 1. The summed E-state index contributed by atoms with van der Waals surface area (Å²) in [5.74, 6) is -0.144. The van der Waals surface area contributed by atoms with Crippen molar-refractivity contribution >= 4 is 34.6 Å². The number of non-ortho nitro benzene ring substituents is 1. The van der Waals surface area contributed by atoms with Crippen molar-refractivity contribution in [2.45, 2.75) is 12.8 Å². The highest BCUT2D eigenvalue weighted by Crippen LogP contribution is 2.31. The van der Waals surface area contributed by atoms with Gasteiger partial charge >= 0.3 is 0 Å². The Kier molecular flexibility index (Phi) is 5.58. The van der Waals surface area contributed by atoms with Crippen LogP contribution in [0.15, 0.2) is 42.5 Å². The molecule has 0 spiro atoms. The third-order valence-electron chi connectivity index (χ3n) is 5.63. The standard InChI is InChI=1S/C21H23ClN4O3/c22-18-5-1-2-6-20(18)24-11-13-25(14-12-24)21(27)17-15-16(26(28)29)7-8-19(17)23-9-3-4-10-23/h1-2,5-8,15H,3-4,9-14H2. The Balaban J connectivity index is 1.54. The number of piperazine rings is 1. The van der Waals surface area contributed by atoms with E-state index in [9.17, 15) is 14.9 Å². The predicted molar refractivity (Wildman–Crippen MR) is 114 cm³/mol. The van der Waals surface area contributed by atoms with Gasteiger partial charge in [-0.25, -0.2) is 0 Å². The molecule has 7 nitrogen and oxygen atoms in total. The van der Waals surface area contributed by atoms with Crippen molar-refractivity contribution in [1.82, 2.24) is 4.90 Å². The lowest BCUT2D eigenvalue weighted by atomic mass is 10.1. The fourth-order valence-corrected chi connectivity index (χ4v) is 4.33. The van der Waals surface area contributed by atoms with E-state index >= 15 is 0 Å². The van der Waals surface area contributed by atoms with Crippen LogP contribution in [0.4, 0.5) is 17.1 Å². The smallest absolute Gasteiger partial charge is 0.270 e. The number of rotatable bonds is 4. The minimum Gasteiger partial charge on any atom is -0.371 e. The van der Waals surface area contributed by atoms with Gasteiger partial charge in [0.05, 0.1) is 26.9 Å². The fourth-order valence-electron chi connectivity index (χ4n) is 4.07. The van der Waals surface area contributed by atoms with E-state index in [0.29, 0.717) is 36.8 Å². The van der Waals surface area contributed by atoms with Crippen LogP contribution in [0.1, 0.15) is 23.2 Å². The van der Waals surface area contributed by atoms with Crippen molar-refractivity contribution in [1.29, 1.82) is 0 Å². The molecule has 2 aliphatic rings. The van der Waals surface area contributed by atoms with Crippen molar-refractivity contribution in [2.24, 2.45) is 0 Å². The van der Waals surface area contributed by atoms with E-state index in [1.54, 1.807) is 11.0 Å². The first-order valence-corrected chi connectivity index (χ1v) is 10.2. The molecule has 0 unspecified atom stereocenters. The van der Waals surface area contributed by atoms with Gasteiger partial charge in [0.25, 0.3) is 11.6 Å². The molecule has 2 aliphatic heterocycles. The van der Waals surface area contributed by atoms with Crippen LogP contribution in [0.2, 0.25) is 5.02 Å². The number of nitro benzene ring substituents is 1. The summed E-state index contributed by atoms with van der Waals surface area (Å²) < 4.78 is 0. The fraction of sp³-hybridized carbons (Fsp3) is 0.381. The van der Waals surface area contributed by atoms with Gasteiger partial charge in [0, 0.05) is 51.4 Å². The van der Waals surface area contributed by atoms with E-state index in [4.69, 9.17) is 11.6 Å². The molecule has 0 aromatic heterocycles. The van der Waals surface area contributed by atoms with Gasteiger partial charge in [0.15, 0.2) is 0 Å². The number of hydrogen-bond donors (Lipinski definition) is 0. The van der Waals surface area contributed by atoms with E-state index in [0.717, 1.165) is 37.3 Å². The van der Waals surface area contributed by atoms with E-state index in [1.165, 1.54) is 12.1 Å². The maximum Gasteiger partial charge on any atom is 0.270 e. The molecule has 0 saturated carbocycles. The van der Waals surface area contributed by atoms with Gasteiger partial charge in [0.2, 0.25) is 0 Å². The second-order valence-corrected chi connectivity index (χ2v) is 7.79. The second kappa shape index (κ2) is 8.29. The molecule has 4 rings (SSSR count). The van der Waals surface area contributed by atoms with Gasteiger partial charge in [-0.1, -0.05) is 23.7 Å². The molecule has 2 aromatic carbocycles. The van der Waals surface area contributed by atoms with Gasteiger partial charge < -0.3 is 14.7 Å². The molecule has 1 amide bonds. The predicted octanol–water partition coefficient (Wildman–Crippen LogP) is 3.81.